The number of rotatable bonds is 3. The van der Waals surface area contributed by atoms with Crippen molar-refractivity contribution in [2.75, 3.05) is 6.61 Å². The Hall–Kier alpha value is -1.08. The highest BCUT2D eigenvalue weighted by atomic mass is 79.9. The van der Waals surface area contributed by atoms with Crippen LogP contribution in [0.25, 0.3) is 0 Å². The first kappa shape index (κ1) is 14.3. The van der Waals surface area contributed by atoms with Gasteiger partial charge in [-0.15, -0.1) is 5.92 Å². The van der Waals surface area contributed by atoms with Crippen LogP contribution in [0, 0.1) is 17.8 Å². The predicted molar refractivity (Wildman–Crippen MR) is 79.2 cm³/mol. The molecule has 2 atom stereocenters. The second kappa shape index (κ2) is 6.38. The Morgan fingerprint density at radius 3 is 3.11 bits per heavy atom. The summed E-state index contributed by atoms with van der Waals surface area (Å²) >= 11 is 3.89. The Bertz CT molecular complexity index is 494. The van der Waals surface area contributed by atoms with E-state index in [1.165, 1.54) is 12.8 Å². The molecule has 1 aromatic rings. The summed E-state index contributed by atoms with van der Waals surface area (Å²) in [6.07, 6.45) is 6.33. The smallest absolute Gasteiger partial charge is 0.217 e. The maximum absolute atomic E-state index is 5.50. The standard InChI is InChI=1S/C15H19BrN2O/c1-3-4-8-19-14-9-13(17-11-18-14)15(16)7-5-6-12(2)10-15/h9,11-12H,5-8,10H2,1-2H3. The van der Waals surface area contributed by atoms with E-state index in [2.05, 4.69) is 44.7 Å². The molecule has 0 aromatic carbocycles. The molecule has 4 heteroatoms. The SMILES string of the molecule is CC#CCOc1cc(C2(Br)CCCC(C)C2)ncn1. The predicted octanol–water partition coefficient (Wildman–Crippen LogP) is 3.68. The van der Waals surface area contributed by atoms with Crippen LogP contribution in [0.2, 0.25) is 0 Å². The molecular formula is C15H19BrN2O. The molecule has 0 N–H and O–H groups in total. The second-order valence-electron chi connectivity index (χ2n) is 5.12. The van der Waals surface area contributed by atoms with Gasteiger partial charge < -0.3 is 4.74 Å². The van der Waals surface area contributed by atoms with Gasteiger partial charge in [0.2, 0.25) is 5.88 Å². The summed E-state index contributed by atoms with van der Waals surface area (Å²) in [5, 5.41) is 0. The molecule has 1 saturated carbocycles. The van der Waals surface area contributed by atoms with Crippen molar-refractivity contribution in [3.05, 3.63) is 18.1 Å². The first-order valence-corrected chi connectivity index (χ1v) is 7.47. The van der Waals surface area contributed by atoms with Gasteiger partial charge in [0.05, 0.1) is 10.0 Å². The van der Waals surface area contributed by atoms with Gasteiger partial charge in [-0.25, -0.2) is 9.97 Å². The molecule has 0 amide bonds. The van der Waals surface area contributed by atoms with Crippen LogP contribution in [0.5, 0.6) is 5.88 Å². The van der Waals surface area contributed by atoms with Crippen LogP contribution >= 0.6 is 15.9 Å². The average molecular weight is 323 g/mol. The Morgan fingerprint density at radius 1 is 1.53 bits per heavy atom. The molecule has 1 aliphatic rings. The van der Waals surface area contributed by atoms with E-state index < -0.39 is 0 Å². The molecule has 2 unspecified atom stereocenters. The van der Waals surface area contributed by atoms with Crippen molar-refractivity contribution < 1.29 is 4.74 Å². The van der Waals surface area contributed by atoms with Crippen molar-refractivity contribution >= 4 is 15.9 Å². The normalized spacial score (nSPS) is 26.4. The quantitative estimate of drug-likeness (QED) is 0.629. The molecule has 102 valence electrons. The molecule has 3 nitrogen and oxygen atoms in total. The monoisotopic (exact) mass is 322 g/mol. The zero-order chi connectivity index (χ0) is 13.7. The highest BCUT2D eigenvalue weighted by molar-refractivity contribution is 9.09. The summed E-state index contributed by atoms with van der Waals surface area (Å²) in [4.78, 5) is 8.56. The molecule has 1 heterocycles. The van der Waals surface area contributed by atoms with Crippen LogP contribution in [-0.4, -0.2) is 16.6 Å². The molecule has 2 rings (SSSR count). The fourth-order valence-corrected chi connectivity index (χ4v) is 3.62. The summed E-state index contributed by atoms with van der Waals surface area (Å²) in [6, 6.07) is 1.93. The molecule has 19 heavy (non-hydrogen) atoms. The summed E-state index contributed by atoms with van der Waals surface area (Å²) < 4.78 is 5.48. The van der Waals surface area contributed by atoms with E-state index in [9.17, 15) is 0 Å². The number of aromatic nitrogens is 2. The van der Waals surface area contributed by atoms with Gasteiger partial charge in [-0.3, -0.25) is 0 Å². The summed E-state index contributed by atoms with van der Waals surface area (Å²) in [5.41, 5.74) is 1.02. The van der Waals surface area contributed by atoms with E-state index in [1.54, 1.807) is 13.3 Å². The van der Waals surface area contributed by atoms with Gasteiger partial charge in [-0.1, -0.05) is 41.6 Å². The number of nitrogens with zero attached hydrogens (tertiary/aromatic N) is 2. The number of alkyl halides is 1. The van der Waals surface area contributed by atoms with E-state index in [-0.39, 0.29) is 4.32 Å². The van der Waals surface area contributed by atoms with Crippen molar-refractivity contribution in [2.45, 2.75) is 43.9 Å². The molecule has 1 aromatic heterocycles. The van der Waals surface area contributed by atoms with Gasteiger partial charge in [0.1, 0.15) is 6.33 Å². The highest BCUT2D eigenvalue weighted by Crippen LogP contribution is 2.46. The molecule has 0 spiro atoms. The van der Waals surface area contributed by atoms with Crippen LogP contribution in [0.4, 0.5) is 0 Å². The third kappa shape index (κ3) is 3.70. The molecule has 0 radical (unpaired) electrons. The lowest BCUT2D eigenvalue weighted by atomic mass is 9.80. The van der Waals surface area contributed by atoms with Crippen LogP contribution in [0.15, 0.2) is 12.4 Å². The van der Waals surface area contributed by atoms with E-state index in [4.69, 9.17) is 4.74 Å². The van der Waals surface area contributed by atoms with E-state index in [0.29, 0.717) is 12.5 Å². The lowest BCUT2D eigenvalue weighted by Gasteiger charge is -2.34. The summed E-state index contributed by atoms with van der Waals surface area (Å²) in [6.45, 7) is 4.47. The van der Waals surface area contributed by atoms with Crippen LogP contribution in [0.3, 0.4) is 0 Å². The van der Waals surface area contributed by atoms with Crippen molar-refractivity contribution in [3.63, 3.8) is 0 Å². The third-order valence-electron chi connectivity index (χ3n) is 3.51. The zero-order valence-electron chi connectivity index (χ0n) is 11.4. The number of ether oxygens (including phenoxy) is 1. The van der Waals surface area contributed by atoms with E-state index >= 15 is 0 Å². The molecule has 0 saturated heterocycles. The highest BCUT2D eigenvalue weighted by Gasteiger charge is 2.35. The maximum atomic E-state index is 5.50. The minimum atomic E-state index is -0.0256. The largest absolute Gasteiger partial charge is 0.464 e. The van der Waals surface area contributed by atoms with Crippen molar-refractivity contribution in [2.24, 2.45) is 5.92 Å². The minimum absolute atomic E-state index is 0.0256. The van der Waals surface area contributed by atoms with Crippen molar-refractivity contribution in [3.8, 4) is 17.7 Å². The Morgan fingerprint density at radius 2 is 2.37 bits per heavy atom. The van der Waals surface area contributed by atoms with Gasteiger partial charge in [-0.2, -0.15) is 0 Å². The van der Waals surface area contributed by atoms with Crippen molar-refractivity contribution in [1.29, 1.82) is 0 Å². The van der Waals surface area contributed by atoms with Crippen LogP contribution in [-0.2, 0) is 4.32 Å². The first-order chi connectivity index (χ1) is 9.14. The molecule has 1 aliphatic carbocycles. The third-order valence-corrected chi connectivity index (χ3v) is 4.64. The lowest BCUT2D eigenvalue weighted by Crippen LogP contribution is -2.27. The Kier molecular flexibility index (Phi) is 4.81. The molecular weight excluding hydrogens is 304 g/mol. The van der Waals surface area contributed by atoms with E-state index in [0.717, 1.165) is 24.5 Å². The molecule has 0 bridgehead atoms. The van der Waals surface area contributed by atoms with Gasteiger partial charge >= 0.3 is 0 Å². The minimum Gasteiger partial charge on any atom is -0.464 e. The Balaban J connectivity index is 2.14. The van der Waals surface area contributed by atoms with Crippen LogP contribution in [0.1, 0.15) is 45.2 Å². The summed E-state index contributed by atoms with van der Waals surface area (Å²) in [5.74, 6) is 6.99. The topological polar surface area (TPSA) is 35.0 Å². The van der Waals surface area contributed by atoms with Gasteiger partial charge in [-0.05, 0) is 25.7 Å². The van der Waals surface area contributed by atoms with Crippen molar-refractivity contribution in [1.82, 2.24) is 9.97 Å². The fraction of sp³-hybridized carbons (Fsp3) is 0.600. The van der Waals surface area contributed by atoms with Gasteiger partial charge in [0.25, 0.3) is 0 Å². The fourth-order valence-electron chi connectivity index (χ4n) is 2.57. The summed E-state index contributed by atoms with van der Waals surface area (Å²) in [7, 11) is 0. The zero-order valence-corrected chi connectivity index (χ0v) is 13.0. The molecule has 1 fully saturated rings. The first-order valence-electron chi connectivity index (χ1n) is 6.68. The molecule has 0 aliphatic heterocycles. The average Bonchev–Trinajstić information content (AvgIpc) is 2.39. The van der Waals surface area contributed by atoms with Gasteiger partial charge in [0.15, 0.2) is 6.61 Å². The maximum Gasteiger partial charge on any atom is 0.217 e. The number of halogens is 1. The number of hydrogen-bond donors (Lipinski definition) is 0. The lowest BCUT2D eigenvalue weighted by molar-refractivity contribution is 0.314. The second-order valence-corrected chi connectivity index (χ2v) is 6.64. The van der Waals surface area contributed by atoms with Crippen LogP contribution < -0.4 is 4.74 Å². The Labute approximate surface area is 123 Å². The van der Waals surface area contributed by atoms with Gasteiger partial charge in [0, 0.05) is 6.07 Å². The van der Waals surface area contributed by atoms with E-state index in [1.807, 2.05) is 6.07 Å². The number of hydrogen-bond acceptors (Lipinski definition) is 3.